The summed E-state index contributed by atoms with van der Waals surface area (Å²) in [4.78, 5) is 25.4. The second-order valence-electron chi connectivity index (χ2n) is 6.66. The topological polar surface area (TPSA) is 44.0 Å². The van der Waals surface area contributed by atoms with Gasteiger partial charge in [-0.25, -0.2) is 4.79 Å². The number of hydrogen-bond acceptors (Lipinski definition) is 2. The molecule has 0 saturated heterocycles. The van der Waals surface area contributed by atoms with E-state index < -0.39 is 0 Å². The summed E-state index contributed by atoms with van der Waals surface area (Å²) in [6.07, 6.45) is 7.52. The van der Waals surface area contributed by atoms with Gasteiger partial charge in [0.05, 0.1) is 17.6 Å². The number of carbonyl (C=O) groups is 1. The van der Waals surface area contributed by atoms with Gasteiger partial charge in [0.25, 0.3) is 0 Å². The summed E-state index contributed by atoms with van der Waals surface area (Å²) in [5.41, 5.74) is 1.80. The van der Waals surface area contributed by atoms with E-state index in [0.717, 1.165) is 56.1 Å². The third-order valence-electron chi connectivity index (χ3n) is 5.03. The Kier molecular flexibility index (Phi) is 4.99. The number of ketones is 1. The first-order chi connectivity index (χ1) is 11.2. The summed E-state index contributed by atoms with van der Waals surface area (Å²) in [5, 5.41) is 0. The van der Waals surface area contributed by atoms with E-state index in [4.69, 9.17) is 0 Å². The summed E-state index contributed by atoms with van der Waals surface area (Å²) < 4.78 is 3.51. The molecule has 1 aliphatic carbocycles. The monoisotopic (exact) mass is 314 g/mol. The lowest BCUT2D eigenvalue weighted by atomic mass is 9.86. The molecule has 2 aromatic rings. The molecule has 1 aliphatic rings. The van der Waals surface area contributed by atoms with Gasteiger partial charge in [0.1, 0.15) is 0 Å². The summed E-state index contributed by atoms with van der Waals surface area (Å²) in [6, 6.07) is 7.83. The van der Waals surface area contributed by atoms with E-state index in [9.17, 15) is 9.59 Å². The van der Waals surface area contributed by atoms with E-state index in [-0.39, 0.29) is 23.9 Å². The number of unbranched alkanes of at least 4 members (excludes halogenated alkanes) is 1. The van der Waals surface area contributed by atoms with Crippen LogP contribution in [0.5, 0.6) is 0 Å². The number of para-hydroxylation sites is 2. The van der Waals surface area contributed by atoms with Gasteiger partial charge < -0.3 is 0 Å². The van der Waals surface area contributed by atoms with Gasteiger partial charge in [-0.1, -0.05) is 44.7 Å². The Morgan fingerprint density at radius 1 is 1.09 bits per heavy atom. The molecule has 3 rings (SSSR count). The maximum Gasteiger partial charge on any atom is 0.329 e. The minimum Gasteiger partial charge on any atom is -0.297 e. The Morgan fingerprint density at radius 2 is 1.74 bits per heavy atom. The summed E-state index contributed by atoms with van der Waals surface area (Å²) in [7, 11) is 0. The summed E-state index contributed by atoms with van der Waals surface area (Å²) in [5.74, 6) is 0.374. The highest BCUT2D eigenvalue weighted by atomic mass is 16.2. The van der Waals surface area contributed by atoms with Crippen molar-refractivity contribution in [3.05, 3.63) is 34.7 Å². The van der Waals surface area contributed by atoms with Gasteiger partial charge in [0.2, 0.25) is 0 Å². The van der Waals surface area contributed by atoms with E-state index in [2.05, 4.69) is 6.92 Å². The quantitative estimate of drug-likeness (QED) is 0.815. The molecule has 23 heavy (non-hydrogen) atoms. The number of nitrogens with zero attached hydrogens (tertiary/aromatic N) is 2. The minimum atomic E-state index is -0.0381. The van der Waals surface area contributed by atoms with Crippen LogP contribution >= 0.6 is 0 Å². The zero-order chi connectivity index (χ0) is 16.2. The maximum atomic E-state index is 12.8. The van der Waals surface area contributed by atoms with Crippen LogP contribution in [-0.2, 0) is 17.9 Å². The van der Waals surface area contributed by atoms with Crippen LogP contribution in [0.1, 0.15) is 51.9 Å². The Morgan fingerprint density at radius 3 is 2.39 bits per heavy atom. The van der Waals surface area contributed by atoms with E-state index in [1.54, 1.807) is 4.57 Å². The first kappa shape index (κ1) is 16.0. The Bertz CT molecular complexity index is 735. The number of rotatable bonds is 6. The first-order valence-corrected chi connectivity index (χ1v) is 8.93. The molecule has 0 bridgehead atoms. The third-order valence-corrected chi connectivity index (χ3v) is 5.03. The van der Waals surface area contributed by atoms with Crippen LogP contribution in [0, 0.1) is 5.92 Å². The number of hydrogen-bond donors (Lipinski definition) is 0. The van der Waals surface area contributed by atoms with Crippen LogP contribution in [0.15, 0.2) is 29.1 Å². The predicted molar refractivity (Wildman–Crippen MR) is 92.7 cm³/mol. The van der Waals surface area contributed by atoms with Crippen LogP contribution in [0.25, 0.3) is 11.0 Å². The number of aromatic nitrogens is 2. The molecule has 1 saturated carbocycles. The Balaban J connectivity index is 1.92. The van der Waals surface area contributed by atoms with Crippen LogP contribution < -0.4 is 5.69 Å². The zero-order valence-electron chi connectivity index (χ0n) is 14.0. The standard InChI is InChI=1S/C19H26N2O2/c1-2-3-13-20-16-11-7-8-12-17(16)21(19(20)23)14-18(22)15-9-5-4-6-10-15/h7-8,11-12,15H,2-6,9-10,13-14H2,1H3. The number of fused-ring (bicyclic) bond motifs is 1. The van der Waals surface area contributed by atoms with Crippen molar-refractivity contribution in [2.75, 3.05) is 0 Å². The van der Waals surface area contributed by atoms with E-state index in [1.165, 1.54) is 6.42 Å². The van der Waals surface area contributed by atoms with Crippen LogP contribution in [0.2, 0.25) is 0 Å². The molecule has 4 heteroatoms. The van der Waals surface area contributed by atoms with Crippen molar-refractivity contribution < 1.29 is 4.79 Å². The van der Waals surface area contributed by atoms with Gasteiger partial charge >= 0.3 is 5.69 Å². The van der Waals surface area contributed by atoms with Gasteiger partial charge in [0, 0.05) is 12.5 Å². The van der Waals surface area contributed by atoms with E-state index >= 15 is 0 Å². The molecule has 1 aromatic carbocycles. The Hall–Kier alpha value is -1.84. The normalized spacial score (nSPS) is 16.0. The fourth-order valence-corrected chi connectivity index (χ4v) is 3.67. The van der Waals surface area contributed by atoms with Gasteiger partial charge in [-0.3, -0.25) is 13.9 Å². The largest absolute Gasteiger partial charge is 0.329 e. The molecule has 0 spiro atoms. The number of imidazole rings is 1. The van der Waals surface area contributed by atoms with Crippen molar-refractivity contribution in [2.45, 2.75) is 65.0 Å². The summed E-state index contributed by atoms with van der Waals surface area (Å²) >= 11 is 0. The van der Waals surface area contributed by atoms with Crippen molar-refractivity contribution in [3.63, 3.8) is 0 Å². The van der Waals surface area contributed by atoms with E-state index in [0.29, 0.717) is 0 Å². The molecule has 1 heterocycles. The highest BCUT2D eigenvalue weighted by Gasteiger charge is 2.23. The van der Waals surface area contributed by atoms with Crippen molar-refractivity contribution in [1.82, 2.24) is 9.13 Å². The molecular weight excluding hydrogens is 288 g/mol. The van der Waals surface area contributed by atoms with Gasteiger partial charge in [-0.2, -0.15) is 0 Å². The second kappa shape index (κ2) is 7.16. The lowest BCUT2D eigenvalue weighted by Gasteiger charge is -2.20. The molecule has 1 fully saturated rings. The van der Waals surface area contributed by atoms with Crippen LogP contribution in [0.3, 0.4) is 0 Å². The summed E-state index contributed by atoms with van der Waals surface area (Å²) in [6.45, 7) is 3.07. The van der Waals surface area contributed by atoms with Crippen LogP contribution in [-0.4, -0.2) is 14.9 Å². The third kappa shape index (κ3) is 3.26. The molecule has 0 aliphatic heterocycles. The molecule has 0 atom stereocenters. The second-order valence-corrected chi connectivity index (χ2v) is 6.66. The van der Waals surface area contributed by atoms with Crippen molar-refractivity contribution >= 4 is 16.8 Å². The van der Waals surface area contributed by atoms with E-state index in [1.807, 2.05) is 28.8 Å². The smallest absolute Gasteiger partial charge is 0.297 e. The molecule has 0 amide bonds. The Labute approximate surface area is 137 Å². The number of carbonyl (C=O) groups excluding carboxylic acids is 1. The highest BCUT2D eigenvalue weighted by Crippen LogP contribution is 2.25. The van der Waals surface area contributed by atoms with Crippen molar-refractivity contribution in [3.8, 4) is 0 Å². The maximum absolute atomic E-state index is 12.8. The van der Waals surface area contributed by atoms with Gasteiger partial charge in [0.15, 0.2) is 5.78 Å². The average Bonchev–Trinajstić information content (AvgIpc) is 2.86. The molecule has 0 radical (unpaired) electrons. The first-order valence-electron chi connectivity index (χ1n) is 8.93. The molecule has 4 nitrogen and oxygen atoms in total. The number of aryl methyl sites for hydroxylation is 1. The molecule has 0 unspecified atom stereocenters. The molecule has 124 valence electrons. The minimum absolute atomic E-state index is 0.0381. The lowest BCUT2D eigenvalue weighted by molar-refractivity contribution is -0.124. The molecule has 0 N–H and O–H groups in total. The van der Waals surface area contributed by atoms with Gasteiger partial charge in [-0.15, -0.1) is 0 Å². The lowest BCUT2D eigenvalue weighted by Crippen LogP contribution is -2.30. The van der Waals surface area contributed by atoms with Crippen LogP contribution in [0.4, 0.5) is 0 Å². The predicted octanol–water partition coefficient (Wildman–Crippen LogP) is 3.75. The fourth-order valence-electron chi connectivity index (χ4n) is 3.67. The molecular formula is C19H26N2O2. The van der Waals surface area contributed by atoms with Crippen molar-refractivity contribution in [2.24, 2.45) is 5.92 Å². The fraction of sp³-hybridized carbons (Fsp3) is 0.579. The molecule has 1 aromatic heterocycles. The average molecular weight is 314 g/mol. The highest BCUT2D eigenvalue weighted by molar-refractivity contribution is 5.83. The SMILES string of the molecule is CCCCn1c(=O)n(CC(=O)C2CCCCC2)c2ccccc21. The number of Topliss-reactive ketones (excluding diaryl/α,β-unsaturated/α-hetero) is 1. The number of benzene rings is 1. The zero-order valence-corrected chi connectivity index (χ0v) is 14.0. The van der Waals surface area contributed by atoms with Crippen molar-refractivity contribution in [1.29, 1.82) is 0 Å². The van der Waals surface area contributed by atoms with Gasteiger partial charge in [-0.05, 0) is 31.4 Å².